The number of amidine groups is 1. The van der Waals surface area contributed by atoms with E-state index in [0.717, 1.165) is 0 Å². The third kappa shape index (κ3) is 4.10. The van der Waals surface area contributed by atoms with Crippen molar-refractivity contribution in [3.63, 3.8) is 0 Å². The van der Waals surface area contributed by atoms with Crippen LogP contribution in [-0.2, 0) is 4.79 Å². The van der Waals surface area contributed by atoms with Gasteiger partial charge in [0.15, 0.2) is 0 Å². The Morgan fingerprint density at radius 2 is 1.81 bits per heavy atom. The van der Waals surface area contributed by atoms with Crippen LogP contribution in [0.3, 0.4) is 0 Å². The van der Waals surface area contributed by atoms with Crippen LogP contribution >= 0.6 is 12.4 Å². The molecule has 0 fully saturated rings. The maximum atomic E-state index is 11.4. The van der Waals surface area contributed by atoms with Crippen molar-refractivity contribution in [3.05, 3.63) is 35.9 Å². The first-order chi connectivity index (χ1) is 7.11. The molecular formula is C10H12ClN3O2. The number of hydrazone groups is 1. The molecule has 0 saturated heterocycles. The molecule has 86 valence electrons. The zero-order valence-corrected chi connectivity index (χ0v) is 9.45. The Hall–Kier alpha value is -1.88. The smallest absolute Gasteiger partial charge is 0.312 e. The third-order valence-corrected chi connectivity index (χ3v) is 1.58. The number of nitrogens with zero attached hydrogens (tertiary/aromatic N) is 1. The average molecular weight is 242 g/mol. The highest BCUT2D eigenvalue weighted by Gasteiger charge is 2.14. The van der Waals surface area contributed by atoms with Gasteiger partial charge in [0, 0.05) is 5.56 Å². The third-order valence-electron chi connectivity index (χ3n) is 1.58. The van der Waals surface area contributed by atoms with Gasteiger partial charge in [0.25, 0.3) is 5.78 Å². The highest BCUT2D eigenvalue weighted by molar-refractivity contribution is 6.42. The van der Waals surface area contributed by atoms with Crippen LogP contribution in [0.1, 0.15) is 17.3 Å². The minimum atomic E-state index is -0.800. The highest BCUT2D eigenvalue weighted by Crippen LogP contribution is 1.99. The Labute approximate surface area is 99.1 Å². The molecule has 0 bridgehead atoms. The molecule has 0 saturated carbocycles. The summed E-state index contributed by atoms with van der Waals surface area (Å²) in [5.41, 5.74) is 7.58. The lowest BCUT2D eigenvalue weighted by Gasteiger charge is -1.99. The molecule has 1 aromatic carbocycles. The quantitative estimate of drug-likeness (QED) is 0.269. The fourth-order valence-corrected chi connectivity index (χ4v) is 0.910. The van der Waals surface area contributed by atoms with Crippen molar-refractivity contribution in [3.8, 4) is 0 Å². The number of nitrogens with one attached hydrogen (secondary N) is 1. The first kappa shape index (κ1) is 14.1. The molecule has 0 aliphatic rings. The predicted molar refractivity (Wildman–Crippen MR) is 63.5 cm³/mol. The minimum absolute atomic E-state index is 0. The Morgan fingerprint density at radius 3 is 2.31 bits per heavy atom. The van der Waals surface area contributed by atoms with Gasteiger partial charge in [-0.05, 0) is 6.92 Å². The molecule has 5 nitrogen and oxygen atoms in total. The normalized spacial score (nSPS) is 10.2. The molecule has 0 spiro atoms. The maximum Gasteiger partial charge on any atom is 0.312 e. The van der Waals surface area contributed by atoms with Gasteiger partial charge in [-0.2, -0.15) is 5.10 Å². The molecule has 0 unspecified atom stereocenters. The summed E-state index contributed by atoms with van der Waals surface area (Å²) in [7, 11) is 0. The average Bonchev–Trinajstić information content (AvgIpc) is 2.26. The van der Waals surface area contributed by atoms with Crippen molar-refractivity contribution in [1.29, 1.82) is 0 Å². The van der Waals surface area contributed by atoms with Gasteiger partial charge in [0.1, 0.15) is 5.84 Å². The first-order valence-electron chi connectivity index (χ1n) is 4.30. The van der Waals surface area contributed by atoms with Crippen LogP contribution in [0.25, 0.3) is 0 Å². The number of Topliss-reactive ketones (excluding diaryl/α,β-unsaturated/α-hetero) is 1. The van der Waals surface area contributed by atoms with E-state index < -0.39 is 11.7 Å². The summed E-state index contributed by atoms with van der Waals surface area (Å²) in [5, 5.41) is 3.45. The minimum Gasteiger partial charge on any atom is -0.386 e. The van der Waals surface area contributed by atoms with Crippen molar-refractivity contribution in [2.24, 2.45) is 10.8 Å². The zero-order valence-electron chi connectivity index (χ0n) is 8.64. The zero-order chi connectivity index (χ0) is 11.3. The van der Waals surface area contributed by atoms with Crippen molar-refractivity contribution in [2.75, 3.05) is 0 Å². The van der Waals surface area contributed by atoms with Gasteiger partial charge in [-0.1, -0.05) is 30.3 Å². The maximum absolute atomic E-state index is 11.4. The monoisotopic (exact) mass is 241 g/mol. The molecular weight excluding hydrogens is 230 g/mol. The van der Waals surface area contributed by atoms with E-state index in [0.29, 0.717) is 5.56 Å². The standard InChI is InChI=1S/C10H11N3O2.ClH/c1-7(11)12-13-10(15)9(14)8-5-3-2-4-6-8;/h2-6H,1H3,(H2,11,12)(H,13,15);1H. The molecule has 3 N–H and O–H groups in total. The van der Waals surface area contributed by atoms with Gasteiger partial charge in [-0.25, -0.2) is 5.43 Å². The van der Waals surface area contributed by atoms with E-state index in [1.807, 2.05) is 0 Å². The Balaban J connectivity index is 0.00000225. The molecule has 1 rings (SSSR count). The van der Waals surface area contributed by atoms with Crippen LogP contribution < -0.4 is 11.2 Å². The van der Waals surface area contributed by atoms with E-state index in [1.165, 1.54) is 6.92 Å². The number of halogens is 1. The number of carbonyl (C=O) groups is 2. The first-order valence-corrected chi connectivity index (χ1v) is 4.30. The largest absolute Gasteiger partial charge is 0.386 e. The topological polar surface area (TPSA) is 84.5 Å². The molecule has 1 aromatic rings. The van der Waals surface area contributed by atoms with Gasteiger partial charge >= 0.3 is 5.91 Å². The Morgan fingerprint density at radius 1 is 1.25 bits per heavy atom. The van der Waals surface area contributed by atoms with Gasteiger partial charge in [-0.15, -0.1) is 12.4 Å². The summed E-state index contributed by atoms with van der Waals surface area (Å²) in [6.07, 6.45) is 0. The molecule has 0 radical (unpaired) electrons. The molecule has 0 aromatic heterocycles. The lowest BCUT2D eigenvalue weighted by molar-refractivity contribution is -0.117. The molecule has 16 heavy (non-hydrogen) atoms. The molecule has 0 heterocycles. The second-order valence-electron chi connectivity index (χ2n) is 2.89. The summed E-state index contributed by atoms with van der Waals surface area (Å²) in [4.78, 5) is 22.7. The van der Waals surface area contributed by atoms with Crippen LogP contribution in [-0.4, -0.2) is 17.5 Å². The van der Waals surface area contributed by atoms with Crippen molar-refractivity contribution in [1.82, 2.24) is 5.43 Å². The number of nitrogens with two attached hydrogens (primary N) is 1. The van der Waals surface area contributed by atoms with E-state index in [-0.39, 0.29) is 18.2 Å². The summed E-state index contributed by atoms with van der Waals surface area (Å²) in [6, 6.07) is 8.23. The fraction of sp³-hybridized carbons (Fsp3) is 0.100. The Kier molecular flexibility index (Phi) is 5.80. The van der Waals surface area contributed by atoms with Crippen LogP contribution in [0.4, 0.5) is 0 Å². The van der Waals surface area contributed by atoms with Gasteiger partial charge in [0.2, 0.25) is 0 Å². The fourth-order valence-electron chi connectivity index (χ4n) is 0.910. The van der Waals surface area contributed by atoms with E-state index in [9.17, 15) is 9.59 Å². The van der Waals surface area contributed by atoms with Crippen molar-refractivity contribution >= 4 is 29.9 Å². The summed E-state index contributed by atoms with van der Waals surface area (Å²) in [6.45, 7) is 1.51. The van der Waals surface area contributed by atoms with Gasteiger partial charge < -0.3 is 5.73 Å². The highest BCUT2D eigenvalue weighted by atomic mass is 35.5. The van der Waals surface area contributed by atoms with Crippen LogP contribution in [0.2, 0.25) is 0 Å². The van der Waals surface area contributed by atoms with Crippen molar-refractivity contribution in [2.45, 2.75) is 6.92 Å². The van der Waals surface area contributed by atoms with Gasteiger partial charge in [0.05, 0.1) is 0 Å². The predicted octanol–water partition coefficient (Wildman–Crippen LogP) is 0.699. The summed E-state index contributed by atoms with van der Waals surface area (Å²) < 4.78 is 0. The van der Waals surface area contributed by atoms with Crippen molar-refractivity contribution < 1.29 is 9.59 Å². The number of hydrogen-bond donors (Lipinski definition) is 2. The molecule has 0 aliphatic carbocycles. The molecule has 0 atom stereocenters. The van der Waals surface area contributed by atoms with E-state index in [4.69, 9.17) is 5.73 Å². The summed E-state index contributed by atoms with van der Waals surface area (Å²) in [5.74, 6) is -1.25. The van der Waals surface area contributed by atoms with E-state index in [2.05, 4.69) is 10.5 Å². The van der Waals surface area contributed by atoms with Crippen LogP contribution in [0.15, 0.2) is 35.4 Å². The second-order valence-corrected chi connectivity index (χ2v) is 2.89. The lowest BCUT2D eigenvalue weighted by Crippen LogP contribution is -2.28. The number of hydrogen-bond acceptors (Lipinski definition) is 3. The Bertz CT molecular complexity index is 400. The second kappa shape index (κ2) is 6.58. The summed E-state index contributed by atoms with van der Waals surface area (Å²) >= 11 is 0. The van der Waals surface area contributed by atoms with E-state index >= 15 is 0 Å². The van der Waals surface area contributed by atoms with Gasteiger partial charge in [-0.3, -0.25) is 9.59 Å². The SMILES string of the molecule is CC(N)=NNC(=O)C(=O)c1ccccc1.Cl. The lowest BCUT2D eigenvalue weighted by atomic mass is 10.1. The van der Waals surface area contributed by atoms with Crippen LogP contribution in [0, 0.1) is 0 Å². The number of ketones is 1. The molecule has 1 amide bonds. The number of rotatable bonds is 3. The number of amides is 1. The number of benzene rings is 1. The van der Waals surface area contributed by atoms with E-state index in [1.54, 1.807) is 30.3 Å². The molecule has 6 heteroatoms. The number of carbonyl (C=O) groups excluding carboxylic acids is 2. The van der Waals surface area contributed by atoms with Crippen LogP contribution in [0.5, 0.6) is 0 Å². The molecule has 0 aliphatic heterocycles.